The van der Waals surface area contributed by atoms with E-state index in [1.165, 1.54) is 12.8 Å². The van der Waals surface area contributed by atoms with E-state index in [1.807, 2.05) is 0 Å². The maximum absolute atomic E-state index is 12.4. The molecule has 1 aliphatic heterocycles. The van der Waals surface area contributed by atoms with Crippen LogP contribution in [-0.4, -0.2) is 44.5 Å². The molecule has 5 heteroatoms. The third kappa shape index (κ3) is 3.09. The number of aliphatic hydroxyl groups is 1. The highest BCUT2D eigenvalue weighted by molar-refractivity contribution is 5.20. The average molecular weight is 317 g/mol. The summed E-state index contributed by atoms with van der Waals surface area (Å²) in [5.74, 6) is 0. The van der Waals surface area contributed by atoms with E-state index in [4.69, 9.17) is 0 Å². The number of rotatable bonds is 4. The molecule has 1 aromatic heterocycles. The molecule has 126 valence electrons. The van der Waals surface area contributed by atoms with Gasteiger partial charge in [0.2, 0.25) is 0 Å². The second kappa shape index (κ2) is 6.02. The molecule has 0 amide bonds. The lowest BCUT2D eigenvalue weighted by Gasteiger charge is -2.41. The first-order valence-electron chi connectivity index (χ1n) is 9.19. The van der Waals surface area contributed by atoms with Crippen LogP contribution in [0.4, 0.5) is 0 Å². The lowest BCUT2D eigenvalue weighted by molar-refractivity contribution is -0.0622. The van der Waals surface area contributed by atoms with Crippen LogP contribution in [0.25, 0.3) is 0 Å². The van der Waals surface area contributed by atoms with Crippen LogP contribution in [0.3, 0.4) is 0 Å². The molecule has 5 nitrogen and oxygen atoms in total. The molecule has 2 heterocycles. The van der Waals surface area contributed by atoms with Gasteiger partial charge in [0.1, 0.15) is 0 Å². The maximum atomic E-state index is 12.4. The molecular formula is C18H27N3O2. The van der Waals surface area contributed by atoms with Gasteiger partial charge >= 0.3 is 0 Å². The summed E-state index contributed by atoms with van der Waals surface area (Å²) in [5.41, 5.74) is 1.85. The fraction of sp³-hybridized carbons (Fsp3) is 0.778. The van der Waals surface area contributed by atoms with Crippen molar-refractivity contribution in [1.82, 2.24) is 14.7 Å². The van der Waals surface area contributed by atoms with Crippen molar-refractivity contribution in [3.8, 4) is 0 Å². The zero-order chi connectivity index (χ0) is 15.9. The predicted octanol–water partition coefficient (Wildman–Crippen LogP) is 1.50. The first-order valence-corrected chi connectivity index (χ1v) is 9.19. The number of β-amino-alcohol motifs (C(OH)–C–C–N with tert-alkyl or cyclic N) is 1. The van der Waals surface area contributed by atoms with Gasteiger partial charge in [-0.3, -0.25) is 9.69 Å². The molecular weight excluding hydrogens is 290 g/mol. The van der Waals surface area contributed by atoms with E-state index in [-0.39, 0.29) is 5.56 Å². The van der Waals surface area contributed by atoms with Crippen LogP contribution in [-0.2, 0) is 19.4 Å². The summed E-state index contributed by atoms with van der Waals surface area (Å²) >= 11 is 0. The van der Waals surface area contributed by atoms with Crippen LogP contribution in [0.5, 0.6) is 0 Å². The van der Waals surface area contributed by atoms with E-state index in [1.54, 1.807) is 10.7 Å². The number of nitrogens with zero attached hydrogens (tertiary/aromatic N) is 3. The van der Waals surface area contributed by atoms with Crippen LogP contribution < -0.4 is 5.56 Å². The molecule has 2 fully saturated rings. The lowest BCUT2D eigenvalue weighted by Crippen LogP contribution is -2.50. The number of hydrogen-bond acceptors (Lipinski definition) is 4. The van der Waals surface area contributed by atoms with Gasteiger partial charge in [0.25, 0.3) is 5.56 Å². The molecule has 23 heavy (non-hydrogen) atoms. The Morgan fingerprint density at radius 2 is 2.04 bits per heavy atom. The molecule has 3 aliphatic rings. The Bertz CT molecular complexity index is 636. The van der Waals surface area contributed by atoms with Gasteiger partial charge in [0.15, 0.2) is 0 Å². The fourth-order valence-corrected chi connectivity index (χ4v) is 4.36. The summed E-state index contributed by atoms with van der Waals surface area (Å²) in [7, 11) is 0. The van der Waals surface area contributed by atoms with E-state index in [0.29, 0.717) is 12.6 Å². The van der Waals surface area contributed by atoms with Crippen molar-refractivity contribution in [2.75, 3.05) is 13.1 Å². The molecule has 4 rings (SSSR count). The summed E-state index contributed by atoms with van der Waals surface area (Å²) in [6, 6.07) is 2.15. The Balaban J connectivity index is 1.49. The quantitative estimate of drug-likeness (QED) is 0.914. The lowest BCUT2D eigenvalue weighted by atomic mass is 9.80. The van der Waals surface area contributed by atoms with Crippen molar-refractivity contribution in [3.63, 3.8) is 0 Å². The van der Waals surface area contributed by atoms with Crippen molar-refractivity contribution in [2.24, 2.45) is 0 Å². The van der Waals surface area contributed by atoms with Gasteiger partial charge in [-0.05, 0) is 69.9 Å². The summed E-state index contributed by atoms with van der Waals surface area (Å²) in [6.45, 7) is 2.46. The van der Waals surface area contributed by atoms with Crippen LogP contribution in [0, 0.1) is 0 Å². The predicted molar refractivity (Wildman–Crippen MR) is 88.5 cm³/mol. The second-order valence-corrected chi connectivity index (χ2v) is 7.69. The highest BCUT2D eigenvalue weighted by atomic mass is 16.3. The average Bonchev–Trinajstić information content (AvgIpc) is 2.93. The standard InChI is InChI=1S/C18H27N3O2/c22-17-11-14-5-1-2-7-16(14)19-21(17)12-15-6-3-10-20(15)13-18(23)8-4-9-18/h11,15,23H,1-10,12-13H2. The zero-order valence-electron chi connectivity index (χ0n) is 13.8. The molecule has 1 saturated heterocycles. The van der Waals surface area contributed by atoms with Crippen LogP contribution in [0.15, 0.2) is 10.9 Å². The van der Waals surface area contributed by atoms with E-state index in [2.05, 4.69) is 10.00 Å². The van der Waals surface area contributed by atoms with Gasteiger partial charge < -0.3 is 5.11 Å². The topological polar surface area (TPSA) is 58.4 Å². The van der Waals surface area contributed by atoms with E-state index < -0.39 is 5.60 Å². The molecule has 0 bridgehead atoms. The van der Waals surface area contributed by atoms with Crippen molar-refractivity contribution >= 4 is 0 Å². The second-order valence-electron chi connectivity index (χ2n) is 7.69. The molecule has 1 atom stereocenters. The Labute approximate surface area is 137 Å². The Kier molecular flexibility index (Phi) is 4.01. The van der Waals surface area contributed by atoms with Crippen molar-refractivity contribution in [1.29, 1.82) is 0 Å². The van der Waals surface area contributed by atoms with Gasteiger partial charge in [-0.1, -0.05) is 0 Å². The van der Waals surface area contributed by atoms with Gasteiger partial charge in [0, 0.05) is 18.7 Å². The minimum atomic E-state index is -0.475. The van der Waals surface area contributed by atoms with Gasteiger partial charge in [-0.25, -0.2) is 4.68 Å². The first kappa shape index (κ1) is 15.3. The summed E-state index contributed by atoms with van der Waals surface area (Å²) in [4.78, 5) is 14.8. The summed E-state index contributed by atoms with van der Waals surface area (Å²) in [5, 5.41) is 15.1. The summed E-state index contributed by atoms with van der Waals surface area (Å²) < 4.78 is 1.68. The number of aryl methyl sites for hydroxylation is 2. The third-order valence-corrected chi connectivity index (χ3v) is 5.94. The number of likely N-dealkylation sites (tertiary alicyclic amines) is 1. The molecule has 2 aliphatic carbocycles. The molecule has 1 saturated carbocycles. The molecule has 1 aromatic rings. The Morgan fingerprint density at radius 3 is 2.83 bits per heavy atom. The SMILES string of the molecule is O=c1cc2c(nn1CC1CCCN1CC1(O)CCC1)CCCC2. The van der Waals surface area contributed by atoms with Crippen LogP contribution in [0.2, 0.25) is 0 Å². The molecule has 1 N–H and O–H groups in total. The molecule has 1 unspecified atom stereocenters. The number of hydrogen-bond donors (Lipinski definition) is 1. The van der Waals surface area contributed by atoms with Crippen LogP contribution >= 0.6 is 0 Å². The Morgan fingerprint density at radius 1 is 1.22 bits per heavy atom. The monoisotopic (exact) mass is 317 g/mol. The highest BCUT2D eigenvalue weighted by Gasteiger charge is 2.39. The van der Waals surface area contributed by atoms with E-state index >= 15 is 0 Å². The third-order valence-electron chi connectivity index (χ3n) is 5.94. The smallest absolute Gasteiger partial charge is 0.267 e. The van der Waals surface area contributed by atoms with Gasteiger partial charge in [-0.2, -0.15) is 5.10 Å². The molecule has 0 aromatic carbocycles. The van der Waals surface area contributed by atoms with Crippen molar-refractivity contribution in [2.45, 2.75) is 76.0 Å². The summed E-state index contributed by atoms with van der Waals surface area (Å²) in [6.07, 6.45) is 9.60. The van der Waals surface area contributed by atoms with Crippen molar-refractivity contribution in [3.05, 3.63) is 27.7 Å². The minimum absolute atomic E-state index is 0.0415. The van der Waals surface area contributed by atoms with Gasteiger partial charge in [-0.15, -0.1) is 0 Å². The maximum Gasteiger partial charge on any atom is 0.267 e. The van der Waals surface area contributed by atoms with Gasteiger partial charge in [0.05, 0.1) is 17.8 Å². The highest BCUT2D eigenvalue weighted by Crippen LogP contribution is 2.34. The minimum Gasteiger partial charge on any atom is -0.389 e. The Hall–Kier alpha value is -1.20. The zero-order valence-corrected chi connectivity index (χ0v) is 13.8. The molecule has 0 radical (unpaired) electrons. The number of aromatic nitrogens is 2. The number of fused-ring (bicyclic) bond motifs is 1. The largest absolute Gasteiger partial charge is 0.389 e. The normalized spacial score (nSPS) is 26.7. The van der Waals surface area contributed by atoms with E-state index in [9.17, 15) is 9.90 Å². The molecule has 0 spiro atoms. The van der Waals surface area contributed by atoms with E-state index in [0.717, 1.165) is 69.3 Å². The first-order chi connectivity index (χ1) is 11.1. The fourth-order valence-electron chi connectivity index (χ4n) is 4.36. The van der Waals surface area contributed by atoms with Crippen LogP contribution in [0.1, 0.15) is 56.2 Å². The van der Waals surface area contributed by atoms with Crippen molar-refractivity contribution < 1.29 is 5.11 Å².